The number of methoxy groups -OCH3 is 1. The first-order valence-corrected chi connectivity index (χ1v) is 9.15. The molecule has 0 aliphatic rings. The van der Waals surface area contributed by atoms with E-state index in [1.807, 2.05) is 43.3 Å². The maximum absolute atomic E-state index is 13.1. The molecule has 1 N–H and O–H groups in total. The SMILES string of the molecule is COc1cccc(NC(=O)c2oc(=O)c3ccccc3c2-c2ccc(C)cc2)c1. The summed E-state index contributed by atoms with van der Waals surface area (Å²) < 4.78 is 10.7. The predicted octanol–water partition coefficient (Wildman–Crippen LogP) is 5.03. The Morgan fingerprint density at radius 2 is 1.66 bits per heavy atom. The number of fused-ring (bicyclic) bond motifs is 1. The Morgan fingerprint density at radius 1 is 0.931 bits per heavy atom. The highest BCUT2D eigenvalue weighted by Gasteiger charge is 2.21. The van der Waals surface area contributed by atoms with Gasteiger partial charge in [0.25, 0.3) is 5.91 Å². The molecule has 0 fully saturated rings. The number of aryl methyl sites for hydroxylation is 1. The first-order chi connectivity index (χ1) is 14.1. The Hall–Kier alpha value is -3.86. The molecule has 0 aliphatic carbocycles. The van der Waals surface area contributed by atoms with Gasteiger partial charge in [0, 0.05) is 22.7 Å². The number of benzene rings is 3. The minimum Gasteiger partial charge on any atom is -0.497 e. The van der Waals surface area contributed by atoms with Gasteiger partial charge in [-0.05, 0) is 30.7 Å². The van der Waals surface area contributed by atoms with Gasteiger partial charge in [-0.25, -0.2) is 4.79 Å². The summed E-state index contributed by atoms with van der Waals surface area (Å²) in [5, 5.41) is 3.90. The van der Waals surface area contributed by atoms with Crippen LogP contribution in [0.4, 0.5) is 5.69 Å². The summed E-state index contributed by atoms with van der Waals surface area (Å²) in [6.45, 7) is 1.99. The van der Waals surface area contributed by atoms with Crippen LogP contribution in [-0.2, 0) is 0 Å². The Morgan fingerprint density at radius 3 is 2.38 bits per heavy atom. The molecule has 0 radical (unpaired) electrons. The lowest BCUT2D eigenvalue weighted by Crippen LogP contribution is -2.17. The third-order valence-electron chi connectivity index (χ3n) is 4.71. The molecule has 3 aromatic carbocycles. The van der Waals surface area contributed by atoms with Gasteiger partial charge in [-0.3, -0.25) is 4.79 Å². The summed E-state index contributed by atoms with van der Waals surface area (Å²) in [7, 11) is 1.55. The van der Waals surface area contributed by atoms with Crippen LogP contribution < -0.4 is 15.7 Å². The summed E-state index contributed by atoms with van der Waals surface area (Å²) in [5.41, 5.74) is 2.47. The third-order valence-corrected chi connectivity index (χ3v) is 4.71. The molecule has 0 saturated carbocycles. The minimum absolute atomic E-state index is 0.0274. The standard InChI is InChI=1S/C24H19NO4/c1-15-10-12-16(13-11-15)21-19-8-3-4-9-20(19)24(27)29-22(21)23(26)25-17-6-5-7-18(14-17)28-2/h3-14H,1-2H3,(H,25,26). The summed E-state index contributed by atoms with van der Waals surface area (Å²) >= 11 is 0. The Kier molecular flexibility index (Phi) is 4.87. The fraction of sp³-hybridized carbons (Fsp3) is 0.0833. The zero-order valence-electron chi connectivity index (χ0n) is 16.1. The normalized spacial score (nSPS) is 10.7. The molecule has 1 heterocycles. The topological polar surface area (TPSA) is 68.5 Å². The van der Waals surface area contributed by atoms with Crippen molar-refractivity contribution in [2.45, 2.75) is 6.92 Å². The van der Waals surface area contributed by atoms with Crippen molar-refractivity contribution in [3.8, 4) is 16.9 Å². The van der Waals surface area contributed by atoms with E-state index >= 15 is 0 Å². The average Bonchev–Trinajstić information content (AvgIpc) is 2.74. The Labute approximate surface area is 167 Å². The summed E-state index contributed by atoms with van der Waals surface area (Å²) in [6, 6.07) is 21.9. The highest BCUT2D eigenvalue weighted by atomic mass is 16.5. The molecule has 0 saturated heterocycles. The number of hydrogen-bond donors (Lipinski definition) is 1. The summed E-state index contributed by atoms with van der Waals surface area (Å²) in [5.74, 6) is 0.0820. The number of hydrogen-bond acceptors (Lipinski definition) is 4. The predicted molar refractivity (Wildman–Crippen MR) is 114 cm³/mol. The van der Waals surface area contributed by atoms with Crippen LogP contribution in [0.5, 0.6) is 5.75 Å². The molecule has 1 amide bonds. The number of nitrogens with one attached hydrogen (secondary N) is 1. The van der Waals surface area contributed by atoms with Gasteiger partial charge in [-0.2, -0.15) is 0 Å². The van der Waals surface area contributed by atoms with Crippen molar-refractivity contribution in [2.75, 3.05) is 12.4 Å². The number of ether oxygens (including phenoxy) is 1. The van der Waals surface area contributed by atoms with Gasteiger partial charge in [-0.1, -0.05) is 54.1 Å². The maximum Gasteiger partial charge on any atom is 0.344 e. The highest BCUT2D eigenvalue weighted by molar-refractivity contribution is 6.11. The van der Waals surface area contributed by atoms with Crippen molar-refractivity contribution in [3.63, 3.8) is 0 Å². The van der Waals surface area contributed by atoms with E-state index in [-0.39, 0.29) is 5.76 Å². The van der Waals surface area contributed by atoms with Crippen LogP contribution in [0.25, 0.3) is 21.9 Å². The zero-order chi connectivity index (χ0) is 20.4. The van der Waals surface area contributed by atoms with Crippen LogP contribution in [0.15, 0.2) is 82.0 Å². The first-order valence-electron chi connectivity index (χ1n) is 9.15. The van der Waals surface area contributed by atoms with E-state index in [2.05, 4.69) is 5.32 Å². The van der Waals surface area contributed by atoms with E-state index in [1.54, 1.807) is 43.5 Å². The van der Waals surface area contributed by atoms with Crippen molar-refractivity contribution in [3.05, 3.63) is 94.5 Å². The summed E-state index contributed by atoms with van der Waals surface area (Å²) in [6.07, 6.45) is 0. The molecule has 1 aromatic heterocycles. The van der Waals surface area contributed by atoms with Gasteiger partial charge in [0.1, 0.15) is 5.75 Å². The van der Waals surface area contributed by atoms with Crippen molar-refractivity contribution >= 4 is 22.4 Å². The summed E-state index contributed by atoms with van der Waals surface area (Å²) in [4.78, 5) is 25.6. The first kappa shape index (κ1) is 18.5. The minimum atomic E-state index is -0.549. The lowest BCUT2D eigenvalue weighted by atomic mass is 9.97. The van der Waals surface area contributed by atoms with Crippen LogP contribution in [-0.4, -0.2) is 13.0 Å². The van der Waals surface area contributed by atoms with Crippen LogP contribution in [0.3, 0.4) is 0 Å². The van der Waals surface area contributed by atoms with E-state index in [9.17, 15) is 9.59 Å². The molecule has 0 bridgehead atoms. The van der Waals surface area contributed by atoms with Gasteiger partial charge < -0.3 is 14.5 Å². The Bertz CT molecular complexity index is 1260. The van der Waals surface area contributed by atoms with E-state index in [0.29, 0.717) is 27.8 Å². The van der Waals surface area contributed by atoms with Crippen molar-refractivity contribution in [1.82, 2.24) is 0 Å². The number of rotatable bonds is 4. The quantitative estimate of drug-likeness (QED) is 0.535. The van der Waals surface area contributed by atoms with Gasteiger partial charge in [-0.15, -0.1) is 0 Å². The zero-order valence-corrected chi connectivity index (χ0v) is 16.1. The second-order valence-corrected chi connectivity index (χ2v) is 6.69. The highest BCUT2D eigenvalue weighted by Crippen LogP contribution is 2.31. The largest absolute Gasteiger partial charge is 0.497 e. The van der Waals surface area contributed by atoms with Crippen molar-refractivity contribution < 1.29 is 13.9 Å². The molecule has 5 heteroatoms. The number of amides is 1. The monoisotopic (exact) mass is 385 g/mol. The van der Waals surface area contributed by atoms with Crippen LogP contribution >= 0.6 is 0 Å². The number of carbonyl (C=O) groups excluding carboxylic acids is 1. The molecular weight excluding hydrogens is 366 g/mol. The lowest BCUT2D eigenvalue weighted by molar-refractivity contribution is 0.0994. The van der Waals surface area contributed by atoms with E-state index in [4.69, 9.17) is 9.15 Å². The van der Waals surface area contributed by atoms with Crippen LogP contribution in [0, 0.1) is 6.92 Å². The van der Waals surface area contributed by atoms with E-state index < -0.39 is 11.5 Å². The fourth-order valence-corrected chi connectivity index (χ4v) is 3.26. The van der Waals surface area contributed by atoms with Crippen molar-refractivity contribution in [1.29, 1.82) is 0 Å². The van der Waals surface area contributed by atoms with E-state index in [0.717, 1.165) is 11.1 Å². The maximum atomic E-state index is 13.1. The van der Waals surface area contributed by atoms with Crippen molar-refractivity contribution in [2.24, 2.45) is 0 Å². The molecule has 5 nitrogen and oxygen atoms in total. The second-order valence-electron chi connectivity index (χ2n) is 6.69. The number of carbonyl (C=O) groups is 1. The molecular formula is C24H19NO4. The van der Waals surface area contributed by atoms with Gasteiger partial charge in [0.05, 0.1) is 12.5 Å². The molecule has 0 atom stereocenters. The molecule has 29 heavy (non-hydrogen) atoms. The molecule has 0 aliphatic heterocycles. The van der Waals surface area contributed by atoms with Gasteiger partial charge in [0.15, 0.2) is 0 Å². The molecule has 144 valence electrons. The van der Waals surface area contributed by atoms with Gasteiger partial charge >= 0.3 is 5.63 Å². The smallest absolute Gasteiger partial charge is 0.344 e. The van der Waals surface area contributed by atoms with E-state index in [1.165, 1.54) is 0 Å². The third kappa shape index (κ3) is 3.62. The van der Waals surface area contributed by atoms with Crippen LogP contribution in [0.1, 0.15) is 16.1 Å². The average molecular weight is 385 g/mol. The molecule has 4 aromatic rings. The fourth-order valence-electron chi connectivity index (χ4n) is 3.26. The molecule has 4 rings (SSSR count). The molecule has 0 spiro atoms. The second kappa shape index (κ2) is 7.64. The van der Waals surface area contributed by atoms with Gasteiger partial charge in [0.2, 0.25) is 5.76 Å². The van der Waals surface area contributed by atoms with Crippen LogP contribution in [0.2, 0.25) is 0 Å². The Balaban J connectivity index is 1.88. The number of anilines is 1. The molecule has 0 unspecified atom stereocenters. The lowest BCUT2D eigenvalue weighted by Gasteiger charge is -2.12.